The van der Waals surface area contributed by atoms with Gasteiger partial charge in [0.15, 0.2) is 5.84 Å². The fourth-order valence-corrected chi connectivity index (χ4v) is 2.95. The molecule has 2 aromatic carbocycles. The van der Waals surface area contributed by atoms with Crippen molar-refractivity contribution in [2.75, 3.05) is 5.01 Å². The number of carboxylic acid groups (broad SMARTS) is 1. The molecule has 8 nitrogen and oxygen atoms in total. The summed E-state index contributed by atoms with van der Waals surface area (Å²) in [5.41, 5.74) is 0.890. The van der Waals surface area contributed by atoms with Crippen LogP contribution in [0.5, 0.6) is 5.88 Å². The number of hydrogen-bond acceptors (Lipinski definition) is 5. The lowest BCUT2D eigenvalue weighted by molar-refractivity contribution is 0.0697. The molecule has 0 unspecified atom stereocenters. The summed E-state index contributed by atoms with van der Waals surface area (Å²) in [5.74, 6) is -1.53. The van der Waals surface area contributed by atoms with E-state index in [4.69, 9.17) is 10.5 Å². The minimum atomic E-state index is -1.04. The Bertz CT molecular complexity index is 1280. The van der Waals surface area contributed by atoms with Crippen LogP contribution in [0.1, 0.15) is 21.5 Å². The summed E-state index contributed by atoms with van der Waals surface area (Å²) < 4.78 is 0. The van der Waals surface area contributed by atoms with Crippen molar-refractivity contribution in [1.29, 1.82) is 5.41 Å². The summed E-state index contributed by atoms with van der Waals surface area (Å²) in [6.45, 7) is 0. The first-order valence-electron chi connectivity index (χ1n) is 8.29. The summed E-state index contributed by atoms with van der Waals surface area (Å²) in [7, 11) is 0. The third-order valence-corrected chi connectivity index (χ3v) is 4.32. The molecule has 0 atom stereocenters. The molecule has 28 heavy (non-hydrogen) atoms. The highest BCUT2D eigenvalue weighted by Crippen LogP contribution is 2.21. The zero-order chi connectivity index (χ0) is 19.8. The standard InChI is InChI=1S/C20H14N4O4/c21-17-15-16(23-24(17)13-4-2-1-3-5-13)14(18(25)22-19(15)26)10-11-6-8-12(9-7-11)20(27)28/h1-10,21,26H,(H,22,25)(H,27,28)/b14-10+,21-17?. The first kappa shape index (κ1) is 17.2. The number of aromatic hydroxyl groups is 1. The molecule has 0 saturated carbocycles. The van der Waals surface area contributed by atoms with E-state index < -0.39 is 17.4 Å². The smallest absolute Gasteiger partial charge is 0.335 e. The number of para-hydroxylation sites is 1. The van der Waals surface area contributed by atoms with Gasteiger partial charge < -0.3 is 10.2 Å². The molecular formula is C20H14N4O4. The third-order valence-electron chi connectivity index (χ3n) is 4.32. The van der Waals surface area contributed by atoms with E-state index in [1.54, 1.807) is 36.4 Å². The first-order chi connectivity index (χ1) is 13.5. The Morgan fingerprint density at radius 2 is 1.79 bits per heavy atom. The fourth-order valence-electron chi connectivity index (χ4n) is 2.95. The average Bonchev–Trinajstić information content (AvgIpc) is 3.04. The Hall–Kier alpha value is -4.20. The number of benzene rings is 2. The highest BCUT2D eigenvalue weighted by atomic mass is 16.4. The van der Waals surface area contributed by atoms with Gasteiger partial charge in [0.2, 0.25) is 5.88 Å². The Morgan fingerprint density at radius 3 is 2.43 bits per heavy atom. The van der Waals surface area contributed by atoms with Crippen LogP contribution < -0.4 is 21.1 Å². The van der Waals surface area contributed by atoms with Gasteiger partial charge in [0.05, 0.1) is 16.5 Å². The average molecular weight is 374 g/mol. The maximum Gasteiger partial charge on any atom is 0.335 e. The van der Waals surface area contributed by atoms with E-state index in [0.29, 0.717) is 11.3 Å². The molecule has 0 saturated heterocycles. The van der Waals surface area contributed by atoms with Gasteiger partial charge in [-0.1, -0.05) is 30.3 Å². The number of nitrogens with one attached hydrogen (secondary N) is 2. The number of rotatable bonds is 3. The van der Waals surface area contributed by atoms with Gasteiger partial charge in [0.1, 0.15) is 10.9 Å². The summed E-state index contributed by atoms with van der Waals surface area (Å²) in [5, 5.41) is 33.6. The summed E-state index contributed by atoms with van der Waals surface area (Å²) in [6.07, 6.45) is 1.54. The molecule has 3 aromatic rings. The summed E-state index contributed by atoms with van der Waals surface area (Å²) in [6, 6.07) is 14.9. The van der Waals surface area contributed by atoms with Crippen molar-refractivity contribution in [2.24, 2.45) is 5.10 Å². The quantitative estimate of drug-likeness (QED) is 0.543. The molecule has 0 fully saturated rings. The molecule has 0 aliphatic carbocycles. The van der Waals surface area contributed by atoms with Gasteiger partial charge in [0, 0.05) is 0 Å². The monoisotopic (exact) mass is 374 g/mol. The van der Waals surface area contributed by atoms with E-state index in [1.165, 1.54) is 23.2 Å². The molecule has 1 aliphatic heterocycles. The van der Waals surface area contributed by atoms with Crippen molar-refractivity contribution < 1.29 is 15.0 Å². The van der Waals surface area contributed by atoms with Crippen LogP contribution in [0.2, 0.25) is 0 Å². The number of hydrogen-bond donors (Lipinski definition) is 4. The lowest BCUT2D eigenvalue weighted by Crippen LogP contribution is -2.42. The van der Waals surface area contributed by atoms with Crippen LogP contribution >= 0.6 is 0 Å². The number of nitrogens with zero attached hydrogens (tertiary/aromatic N) is 2. The van der Waals surface area contributed by atoms with Gasteiger partial charge in [-0.3, -0.25) is 15.2 Å². The van der Waals surface area contributed by atoms with E-state index in [0.717, 1.165) is 0 Å². The SMILES string of the molecule is N=C1c2c(O)[nH]c(=O)/c(=C/c3ccc(C(=O)O)cc3)c2=NN1c1ccccc1. The van der Waals surface area contributed by atoms with Gasteiger partial charge in [-0.25, -0.2) is 9.80 Å². The molecule has 0 bridgehead atoms. The summed E-state index contributed by atoms with van der Waals surface area (Å²) in [4.78, 5) is 25.8. The van der Waals surface area contributed by atoms with Crippen molar-refractivity contribution in [3.8, 4) is 5.88 Å². The van der Waals surface area contributed by atoms with Crippen molar-refractivity contribution >= 4 is 23.6 Å². The highest BCUT2D eigenvalue weighted by Gasteiger charge is 2.26. The van der Waals surface area contributed by atoms with E-state index in [1.807, 2.05) is 6.07 Å². The van der Waals surface area contributed by atoms with Gasteiger partial charge in [-0.05, 0) is 35.9 Å². The second-order valence-electron chi connectivity index (χ2n) is 6.11. The normalized spacial score (nSPS) is 13.4. The number of H-pyrrole nitrogens is 1. The molecule has 2 heterocycles. The first-order valence-corrected chi connectivity index (χ1v) is 8.29. The van der Waals surface area contributed by atoms with Crippen LogP contribution in [0.25, 0.3) is 6.08 Å². The molecule has 4 N–H and O–H groups in total. The van der Waals surface area contributed by atoms with E-state index in [2.05, 4.69) is 10.1 Å². The van der Waals surface area contributed by atoms with Crippen LogP contribution in [0.15, 0.2) is 64.5 Å². The van der Waals surface area contributed by atoms with Crippen LogP contribution in [0.3, 0.4) is 0 Å². The lowest BCUT2D eigenvalue weighted by Gasteiger charge is -2.13. The van der Waals surface area contributed by atoms with Crippen LogP contribution in [-0.2, 0) is 0 Å². The third kappa shape index (κ3) is 2.82. The molecule has 1 aromatic heterocycles. The van der Waals surface area contributed by atoms with Crippen molar-refractivity contribution in [3.63, 3.8) is 0 Å². The molecule has 0 spiro atoms. The number of aromatic nitrogens is 1. The van der Waals surface area contributed by atoms with Gasteiger partial charge in [0.25, 0.3) is 5.56 Å². The van der Waals surface area contributed by atoms with Crippen LogP contribution in [0.4, 0.5) is 5.69 Å². The number of aromatic amines is 1. The predicted octanol–water partition coefficient (Wildman–Crippen LogP) is 0.988. The van der Waals surface area contributed by atoms with Crippen LogP contribution in [0, 0.1) is 5.41 Å². The second-order valence-corrected chi connectivity index (χ2v) is 6.11. The Balaban J connectivity index is 1.93. The van der Waals surface area contributed by atoms with Crippen molar-refractivity contribution in [1.82, 2.24) is 4.98 Å². The largest absolute Gasteiger partial charge is 0.494 e. The minimum Gasteiger partial charge on any atom is -0.494 e. The molecular weight excluding hydrogens is 360 g/mol. The fraction of sp³-hybridized carbons (Fsp3) is 0. The van der Waals surface area contributed by atoms with Crippen molar-refractivity contribution in [3.05, 3.63) is 92.2 Å². The molecule has 4 rings (SSSR count). The number of carboxylic acids is 1. The minimum absolute atomic E-state index is 0.0641. The predicted molar refractivity (Wildman–Crippen MR) is 102 cm³/mol. The van der Waals surface area contributed by atoms with E-state index in [-0.39, 0.29) is 27.5 Å². The molecule has 0 radical (unpaired) electrons. The van der Waals surface area contributed by atoms with Crippen LogP contribution in [-0.4, -0.2) is 27.0 Å². The lowest BCUT2D eigenvalue weighted by atomic mass is 10.1. The zero-order valence-corrected chi connectivity index (χ0v) is 14.4. The topological polar surface area (TPSA) is 130 Å². The maximum atomic E-state index is 12.4. The highest BCUT2D eigenvalue weighted by molar-refractivity contribution is 6.10. The summed E-state index contributed by atoms with van der Waals surface area (Å²) >= 11 is 0. The van der Waals surface area contributed by atoms with E-state index in [9.17, 15) is 14.7 Å². The molecule has 138 valence electrons. The Kier molecular flexibility index (Phi) is 4.00. The number of carbonyl (C=O) groups is 1. The molecule has 0 amide bonds. The zero-order valence-electron chi connectivity index (χ0n) is 14.4. The van der Waals surface area contributed by atoms with Crippen molar-refractivity contribution in [2.45, 2.75) is 0 Å². The van der Waals surface area contributed by atoms with Gasteiger partial charge in [-0.15, -0.1) is 0 Å². The number of aromatic carboxylic acids is 1. The number of pyridine rings is 1. The second kappa shape index (κ2) is 6.51. The Labute approximate surface area is 157 Å². The number of amidine groups is 1. The number of fused-ring (bicyclic) bond motifs is 1. The number of anilines is 1. The maximum absolute atomic E-state index is 12.4. The van der Waals surface area contributed by atoms with Gasteiger partial charge >= 0.3 is 5.97 Å². The van der Waals surface area contributed by atoms with Gasteiger partial charge in [-0.2, -0.15) is 5.10 Å². The molecule has 8 heteroatoms. The van der Waals surface area contributed by atoms with E-state index >= 15 is 0 Å². The molecule has 1 aliphatic rings. The Morgan fingerprint density at radius 1 is 1.11 bits per heavy atom.